The average Bonchev–Trinajstić information content (AvgIpc) is 3.17. The van der Waals surface area contributed by atoms with Crippen molar-refractivity contribution < 1.29 is 14.6 Å². The molecule has 3 N–H and O–H groups in total. The molecule has 5 rings (SSSR count). The number of nitrogens with one attached hydrogen (secondary N) is 2. The van der Waals surface area contributed by atoms with Gasteiger partial charge in [0.1, 0.15) is 18.4 Å². The zero-order valence-corrected chi connectivity index (χ0v) is 16.3. The molecule has 2 atom stereocenters. The Morgan fingerprint density at radius 2 is 1.70 bits per heavy atom. The molecule has 3 aromatic carbocycles. The van der Waals surface area contributed by atoms with E-state index < -0.39 is 12.0 Å². The monoisotopic (exact) mass is 398 g/mol. The normalized spacial score (nSPS) is 18.1. The summed E-state index contributed by atoms with van der Waals surface area (Å²) in [6.07, 6.45) is 0.462. The number of benzene rings is 3. The van der Waals surface area contributed by atoms with Crippen LogP contribution in [0.15, 0.2) is 78.9 Å². The third kappa shape index (κ3) is 3.44. The largest absolute Gasteiger partial charge is 0.489 e. The van der Waals surface area contributed by atoms with Gasteiger partial charge in [0.05, 0.1) is 6.04 Å². The Balaban J connectivity index is 1.43. The van der Waals surface area contributed by atoms with Gasteiger partial charge in [-0.1, -0.05) is 60.7 Å². The van der Waals surface area contributed by atoms with Crippen LogP contribution in [-0.2, 0) is 17.8 Å². The van der Waals surface area contributed by atoms with Crippen LogP contribution in [0.2, 0.25) is 0 Å². The molecule has 5 heteroatoms. The number of hydrogen-bond donors (Lipinski definition) is 3. The first-order valence-electron chi connectivity index (χ1n) is 10.0. The second kappa shape index (κ2) is 7.69. The summed E-state index contributed by atoms with van der Waals surface area (Å²) in [5, 5.41) is 14.1. The highest BCUT2D eigenvalue weighted by atomic mass is 16.5. The van der Waals surface area contributed by atoms with E-state index in [9.17, 15) is 9.90 Å². The summed E-state index contributed by atoms with van der Waals surface area (Å²) in [6, 6.07) is 25.1. The van der Waals surface area contributed by atoms with Crippen molar-refractivity contribution in [2.24, 2.45) is 0 Å². The van der Waals surface area contributed by atoms with Crippen molar-refractivity contribution in [2.75, 3.05) is 0 Å². The summed E-state index contributed by atoms with van der Waals surface area (Å²) in [5.74, 6) is -0.0520. The minimum Gasteiger partial charge on any atom is -0.489 e. The summed E-state index contributed by atoms with van der Waals surface area (Å²) in [4.78, 5) is 15.3. The molecule has 0 bridgehead atoms. The van der Waals surface area contributed by atoms with E-state index in [0.29, 0.717) is 13.0 Å². The van der Waals surface area contributed by atoms with Crippen LogP contribution in [0.3, 0.4) is 0 Å². The molecule has 0 spiro atoms. The van der Waals surface area contributed by atoms with Crippen molar-refractivity contribution in [3.8, 4) is 5.75 Å². The number of para-hydroxylation sites is 1. The van der Waals surface area contributed by atoms with Crippen LogP contribution in [0.1, 0.15) is 28.4 Å². The fraction of sp³-hybridized carbons (Fsp3) is 0.160. The highest BCUT2D eigenvalue weighted by Gasteiger charge is 2.33. The molecule has 1 aliphatic rings. The predicted molar refractivity (Wildman–Crippen MR) is 116 cm³/mol. The maximum Gasteiger partial charge on any atom is 0.321 e. The Kier molecular flexibility index (Phi) is 4.73. The predicted octanol–water partition coefficient (Wildman–Crippen LogP) is 4.44. The molecule has 30 heavy (non-hydrogen) atoms. The number of ether oxygens (including phenoxy) is 1. The zero-order chi connectivity index (χ0) is 20.5. The zero-order valence-electron chi connectivity index (χ0n) is 16.3. The van der Waals surface area contributed by atoms with Gasteiger partial charge in [0.2, 0.25) is 0 Å². The van der Waals surface area contributed by atoms with Gasteiger partial charge in [0, 0.05) is 23.0 Å². The van der Waals surface area contributed by atoms with E-state index in [4.69, 9.17) is 4.74 Å². The Morgan fingerprint density at radius 3 is 2.47 bits per heavy atom. The van der Waals surface area contributed by atoms with Gasteiger partial charge in [-0.2, -0.15) is 0 Å². The van der Waals surface area contributed by atoms with Crippen LogP contribution in [-0.4, -0.2) is 22.1 Å². The topological polar surface area (TPSA) is 74.3 Å². The average molecular weight is 398 g/mol. The van der Waals surface area contributed by atoms with Crippen molar-refractivity contribution >= 4 is 16.9 Å². The Labute approximate surface area is 174 Å². The van der Waals surface area contributed by atoms with E-state index in [2.05, 4.69) is 10.3 Å². The maximum absolute atomic E-state index is 11.8. The molecular formula is C25H22N2O3. The maximum atomic E-state index is 11.8. The Bertz CT molecular complexity index is 1180. The van der Waals surface area contributed by atoms with Gasteiger partial charge in [-0.25, -0.2) is 0 Å². The van der Waals surface area contributed by atoms with Crippen LogP contribution in [0.25, 0.3) is 10.9 Å². The first kappa shape index (κ1) is 18.5. The van der Waals surface area contributed by atoms with E-state index in [-0.39, 0.29) is 6.04 Å². The Morgan fingerprint density at radius 1 is 0.967 bits per heavy atom. The lowest BCUT2D eigenvalue weighted by Crippen LogP contribution is -2.44. The number of hydrogen-bond acceptors (Lipinski definition) is 3. The van der Waals surface area contributed by atoms with Crippen molar-refractivity contribution in [3.63, 3.8) is 0 Å². The van der Waals surface area contributed by atoms with E-state index >= 15 is 0 Å². The van der Waals surface area contributed by atoms with Gasteiger partial charge >= 0.3 is 5.97 Å². The molecule has 5 nitrogen and oxygen atoms in total. The van der Waals surface area contributed by atoms with E-state index in [1.54, 1.807) is 0 Å². The van der Waals surface area contributed by atoms with Crippen molar-refractivity contribution in [2.45, 2.75) is 25.1 Å². The molecule has 0 fully saturated rings. The van der Waals surface area contributed by atoms with Crippen molar-refractivity contribution in [1.29, 1.82) is 0 Å². The second-order valence-electron chi connectivity index (χ2n) is 7.60. The lowest BCUT2D eigenvalue weighted by atomic mass is 9.90. The molecule has 150 valence electrons. The molecule has 0 aliphatic carbocycles. The number of aliphatic carboxylic acids is 1. The number of rotatable bonds is 5. The van der Waals surface area contributed by atoms with Crippen LogP contribution in [0, 0.1) is 0 Å². The third-order valence-corrected chi connectivity index (χ3v) is 5.67. The molecule has 4 aromatic rings. The van der Waals surface area contributed by atoms with Crippen LogP contribution < -0.4 is 10.1 Å². The number of carboxylic acids is 1. The highest BCUT2D eigenvalue weighted by Crippen LogP contribution is 2.35. The van der Waals surface area contributed by atoms with Gasteiger partial charge in [0.15, 0.2) is 0 Å². The highest BCUT2D eigenvalue weighted by molar-refractivity contribution is 5.87. The summed E-state index contributed by atoms with van der Waals surface area (Å²) < 4.78 is 5.89. The van der Waals surface area contributed by atoms with Gasteiger partial charge in [0.25, 0.3) is 0 Å². The summed E-state index contributed by atoms with van der Waals surface area (Å²) in [5.41, 5.74) is 5.25. The van der Waals surface area contributed by atoms with Crippen LogP contribution >= 0.6 is 0 Å². The smallest absolute Gasteiger partial charge is 0.321 e. The molecule has 0 radical (unpaired) electrons. The van der Waals surface area contributed by atoms with Gasteiger partial charge in [-0.15, -0.1) is 0 Å². The number of aromatic amines is 1. The van der Waals surface area contributed by atoms with Crippen LogP contribution in [0.5, 0.6) is 5.75 Å². The standard InChI is InChI=1S/C25H22N2O3/c28-25(29)22-14-20-19-8-4-5-9-21(19)26-24(20)23(27-22)17-10-12-18(13-11-17)30-15-16-6-2-1-3-7-16/h1-13,22-23,26-27H,14-15H2,(H,28,29). The molecule has 2 unspecified atom stereocenters. The summed E-state index contributed by atoms with van der Waals surface area (Å²) in [6.45, 7) is 0.509. The summed E-state index contributed by atoms with van der Waals surface area (Å²) in [7, 11) is 0. The lowest BCUT2D eigenvalue weighted by molar-refractivity contribution is -0.139. The Hall–Kier alpha value is -3.57. The number of carboxylic acid groups (broad SMARTS) is 1. The second-order valence-corrected chi connectivity index (χ2v) is 7.60. The quantitative estimate of drug-likeness (QED) is 0.465. The van der Waals surface area contributed by atoms with E-state index in [1.807, 2.05) is 78.9 Å². The first-order valence-corrected chi connectivity index (χ1v) is 10.0. The molecule has 0 saturated heterocycles. The molecule has 1 aliphatic heterocycles. The first-order chi connectivity index (χ1) is 14.7. The number of fused-ring (bicyclic) bond motifs is 3. The van der Waals surface area contributed by atoms with Gasteiger partial charge < -0.3 is 14.8 Å². The van der Waals surface area contributed by atoms with E-state index in [1.165, 1.54) is 0 Å². The molecular weight excluding hydrogens is 376 g/mol. The van der Waals surface area contributed by atoms with Crippen molar-refractivity contribution in [1.82, 2.24) is 10.3 Å². The molecule has 0 amide bonds. The van der Waals surface area contributed by atoms with Gasteiger partial charge in [-0.05, 0) is 34.9 Å². The molecule has 2 heterocycles. The van der Waals surface area contributed by atoms with E-state index in [0.717, 1.165) is 39.0 Å². The van der Waals surface area contributed by atoms with Crippen molar-refractivity contribution in [3.05, 3.63) is 101 Å². The number of H-pyrrole nitrogens is 1. The SMILES string of the molecule is O=C(O)C1Cc2c([nH]c3ccccc23)C(c2ccc(OCc3ccccc3)cc2)N1. The lowest BCUT2D eigenvalue weighted by Gasteiger charge is -2.29. The van der Waals surface area contributed by atoms with Gasteiger partial charge in [-0.3, -0.25) is 10.1 Å². The number of aromatic nitrogens is 1. The minimum atomic E-state index is -0.834. The third-order valence-electron chi connectivity index (χ3n) is 5.67. The minimum absolute atomic E-state index is 0.217. The fourth-order valence-corrected chi connectivity index (χ4v) is 4.15. The molecule has 0 saturated carbocycles. The number of carbonyl (C=O) groups is 1. The fourth-order valence-electron chi connectivity index (χ4n) is 4.15. The molecule has 1 aromatic heterocycles. The van der Waals surface area contributed by atoms with Crippen LogP contribution in [0.4, 0.5) is 0 Å². The summed E-state index contributed by atoms with van der Waals surface area (Å²) >= 11 is 0.